The molecule has 0 bridgehead atoms. The zero-order valence-electron chi connectivity index (χ0n) is 8.18. The van der Waals surface area contributed by atoms with E-state index in [0.717, 1.165) is 0 Å². The Morgan fingerprint density at radius 1 is 0.733 bits per heavy atom. The van der Waals surface area contributed by atoms with Crippen molar-refractivity contribution in [3.05, 3.63) is 60.7 Å². The molecule has 0 unspecified atom stereocenters. The van der Waals surface area contributed by atoms with Gasteiger partial charge in [-0.3, -0.25) is 0 Å². The van der Waals surface area contributed by atoms with Crippen molar-refractivity contribution >= 4 is 29.9 Å². The monoisotopic (exact) mass is 226 g/mol. The summed E-state index contributed by atoms with van der Waals surface area (Å²) in [6, 6.07) is 20.6. The molecule has 0 aliphatic heterocycles. The van der Waals surface area contributed by atoms with Gasteiger partial charge in [0.1, 0.15) is 0 Å². The Morgan fingerprint density at radius 2 is 1.13 bits per heavy atom. The summed E-state index contributed by atoms with van der Waals surface area (Å²) in [6.45, 7) is 0. The largest absolute Gasteiger partial charge is 0.450 e. The van der Waals surface area contributed by atoms with Crippen LogP contribution >= 0.6 is 0 Å². The highest BCUT2D eigenvalue weighted by atomic mass is 28.3. The molecule has 2 aromatic rings. The second kappa shape index (κ2) is 5.07. The lowest BCUT2D eigenvalue weighted by Gasteiger charge is -2.12. The maximum atomic E-state index is 5.43. The molecule has 2 aromatic carbocycles. The molecule has 4 radical (unpaired) electrons. The number of benzene rings is 2. The van der Waals surface area contributed by atoms with E-state index in [1.807, 2.05) is 36.4 Å². The minimum Gasteiger partial charge on any atom is -0.450 e. The lowest BCUT2D eigenvalue weighted by molar-refractivity contribution is 0.661. The standard InChI is InChI=1S/C12H10OSi2/c14-13-15(11-7-3-1-4-8-11)12-9-5-2-6-10-12/h1-10H. The lowest BCUT2D eigenvalue weighted by atomic mass is 10.4. The van der Waals surface area contributed by atoms with Gasteiger partial charge >= 0.3 is 0 Å². The Labute approximate surface area is 95.0 Å². The van der Waals surface area contributed by atoms with Crippen molar-refractivity contribution in [3.8, 4) is 0 Å². The second-order valence-electron chi connectivity index (χ2n) is 3.16. The molecule has 0 spiro atoms. The van der Waals surface area contributed by atoms with Crippen LogP contribution in [0.15, 0.2) is 60.7 Å². The fourth-order valence-electron chi connectivity index (χ4n) is 1.46. The molecule has 0 aromatic heterocycles. The zero-order valence-corrected chi connectivity index (χ0v) is 10.2. The van der Waals surface area contributed by atoms with Crippen LogP contribution in [0.5, 0.6) is 0 Å². The summed E-state index contributed by atoms with van der Waals surface area (Å²) in [5.74, 6) is 0. The summed E-state index contributed by atoms with van der Waals surface area (Å²) in [4.78, 5) is 0. The Balaban J connectivity index is 2.34. The smallest absolute Gasteiger partial charge is 0.271 e. The molecule has 0 amide bonds. The van der Waals surface area contributed by atoms with E-state index >= 15 is 0 Å². The molecule has 0 atom stereocenters. The molecular weight excluding hydrogens is 216 g/mol. The van der Waals surface area contributed by atoms with E-state index in [0.29, 0.717) is 0 Å². The predicted octanol–water partition coefficient (Wildman–Crippen LogP) is 0.892. The molecule has 0 aliphatic carbocycles. The van der Waals surface area contributed by atoms with Gasteiger partial charge in [0, 0.05) is 0 Å². The second-order valence-corrected chi connectivity index (χ2v) is 5.79. The summed E-state index contributed by atoms with van der Waals surface area (Å²) in [7, 11) is 2.06. The fourth-order valence-corrected chi connectivity index (χ4v) is 3.73. The third kappa shape index (κ3) is 2.44. The van der Waals surface area contributed by atoms with Crippen LogP contribution in [-0.4, -0.2) is 19.5 Å². The first-order chi connectivity index (χ1) is 7.42. The van der Waals surface area contributed by atoms with Crippen molar-refractivity contribution in [3.63, 3.8) is 0 Å². The number of hydrogen-bond acceptors (Lipinski definition) is 1. The highest BCUT2D eigenvalue weighted by Gasteiger charge is 2.15. The Hall–Kier alpha value is -1.17. The first-order valence-corrected chi connectivity index (χ1v) is 6.55. The van der Waals surface area contributed by atoms with Gasteiger partial charge in [-0.25, -0.2) is 0 Å². The van der Waals surface area contributed by atoms with Gasteiger partial charge in [0.25, 0.3) is 9.04 Å². The summed E-state index contributed by atoms with van der Waals surface area (Å²) < 4.78 is 5.43. The molecule has 15 heavy (non-hydrogen) atoms. The molecule has 0 fully saturated rings. The van der Waals surface area contributed by atoms with Gasteiger partial charge in [-0.15, -0.1) is 0 Å². The highest BCUT2D eigenvalue weighted by Crippen LogP contribution is 1.92. The molecule has 0 heterocycles. The Kier molecular flexibility index (Phi) is 3.50. The molecule has 0 saturated carbocycles. The van der Waals surface area contributed by atoms with Crippen LogP contribution in [-0.2, 0) is 4.12 Å². The Morgan fingerprint density at radius 3 is 1.47 bits per heavy atom. The van der Waals surface area contributed by atoms with E-state index in [1.165, 1.54) is 10.4 Å². The lowest BCUT2D eigenvalue weighted by Crippen LogP contribution is -2.44. The topological polar surface area (TPSA) is 9.23 Å². The van der Waals surface area contributed by atoms with Gasteiger partial charge in [0.2, 0.25) is 10.5 Å². The van der Waals surface area contributed by atoms with Crippen LogP contribution in [0.2, 0.25) is 0 Å². The van der Waals surface area contributed by atoms with Crippen LogP contribution in [0, 0.1) is 0 Å². The van der Waals surface area contributed by atoms with Crippen LogP contribution in [0.4, 0.5) is 0 Å². The first kappa shape index (κ1) is 10.4. The molecule has 0 N–H and O–H groups in total. The Bertz CT molecular complexity index is 363. The average molecular weight is 226 g/mol. The van der Waals surface area contributed by atoms with Crippen LogP contribution in [0.25, 0.3) is 0 Å². The van der Waals surface area contributed by atoms with Crippen LogP contribution < -0.4 is 10.4 Å². The van der Waals surface area contributed by atoms with Gasteiger partial charge in [-0.1, -0.05) is 60.7 Å². The van der Waals surface area contributed by atoms with Crippen molar-refractivity contribution in [2.24, 2.45) is 0 Å². The van der Waals surface area contributed by atoms with Crippen LogP contribution in [0.1, 0.15) is 0 Å². The van der Waals surface area contributed by atoms with Gasteiger partial charge < -0.3 is 4.12 Å². The van der Waals surface area contributed by atoms with Crippen molar-refractivity contribution in [2.45, 2.75) is 0 Å². The molecule has 72 valence electrons. The third-order valence-electron chi connectivity index (χ3n) is 2.17. The fraction of sp³-hybridized carbons (Fsp3) is 0. The van der Waals surface area contributed by atoms with E-state index in [9.17, 15) is 0 Å². The minimum absolute atomic E-state index is 1.13. The SMILES string of the molecule is [Si]O[Si](c1ccccc1)c1ccccc1. The van der Waals surface area contributed by atoms with E-state index in [-0.39, 0.29) is 0 Å². The molecule has 3 heteroatoms. The maximum Gasteiger partial charge on any atom is 0.271 e. The molecule has 0 saturated heterocycles. The van der Waals surface area contributed by atoms with Crippen molar-refractivity contribution in [1.29, 1.82) is 0 Å². The number of rotatable bonds is 3. The average Bonchev–Trinajstić information content (AvgIpc) is 2.33. The minimum atomic E-state index is -1.13. The third-order valence-corrected chi connectivity index (χ3v) is 4.71. The first-order valence-electron chi connectivity index (χ1n) is 4.73. The molecule has 1 nitrogen and oxygen atoms in total. The van der Waals surface area contributed by atoms with Crippen molar-refractivity contribution in [1.82, 2.24) is 0 Å². The van der Waals surface area contributed by atoms with E-state index in [2.05, 4.69) is 34.8 Å². The summed E-state index contributed by atoms with van der Waals surface area (Å²) in [5, 5.41) is 2.48. The summed E-state index contributed by atoms with van der Waals surface area (Å²) >= 11 is 0. The number of hydrogen-bond donors (Lipinski definition) is 0. The van der Waals surface area contributed by atoms with Gasteiger partial charge in [0.05, 0.1) is 0 Å². The maximum absolute atomic E-state index is 5.43. The summed E-state index contributed by atoms with van der Waals surface area (Å²) in [6.07, 6.45) is 0. The van der Waals surface area contributed by atoms with Crippen molar-refractivity contribution in [2.75, 3.05) is 0 Å². The van der Waals surface area contributed by atoms with E-state index in [1.54, 1.807) is 0 Å². The van der Waals surface area contributed by atoms with E-state index < -0.39 is 9.04 Å². The normalized spacial score (nSPS) is 10.5. The van der Waals surface area contributed by atoms with Gasteiger partial charge in [-0.05, 0) is 10.4 Å². The van der Waals surface area contributed by atoms with Crippen molar-refractivity contribution < 1.29 is 4.12 Å². The summed E-state index contributed by atoms with van der Waals surface area (Å²) in [5.41, 5.74) is 0. The molecule has 2 rings (SSSR count). The predicted molar refractivity (Wildman–Crippen MR) is 64.7 cm³/mol. The van der Waals surface area contributed by atoms with E-state index in [4.69, 9.17) is 4.12 Å². The van der Waals surface area contributed by atoms with Gasteiger partial charge in [0.15, 0.2) is 0 Å². The van der Waals surface area contributed by atoms with Gasteiger partial charge in [-0.2, -0.15) is 0 Å². The quantitative estimate of drug-likeness (QED) is 0.706. The zero-order chi connectivity index (χ0) is 10.5. The van der Waals surface area contributed by atoms with Crippen LogP contribution in [0.3, 0.4) is 0 Å². The highest BCUT2D eigenvalue weighted by molar-refractivity contribution is 6.81. The molecular formula is C12H10OSi2. The molecule has 0 aliphatic rings.